The summed E-state index contributed by atoms with van der Waals surface area (Å²) in [4.78, 5) is 0. The van der Waals surface area contributed by atoms with Crippen LogP contribution in [-0.4, -0.2) is 0 Å². The third kappa shape index (κ3) is 2.43. The van der Waals surface area contributed by atoms with Crippen molar-refractivity contribution in [1.29, 1.82) is 0 Å². The fourth-order valence-electron chi connectivity index (χ4n) is 1.36. The van der Waals surface area contributed by atoms with E-state index in [0.717, 1.165) is 9.86 Å². The van der Waals surface area contributed by atoms with Crippen molar-refractivity contribution in [3.63, 3.8) is 0 Å². The molecule has 0 saturated carbocycles. The van der Waals surface area contributed by atoms with Crippen LogP contribution in [0.5, 0.6) is 5.75 Å². The molecule has 15 heavy (non-hydrogen) atoms. The molecule has 2 rings (SSSR count). The van der Waals surface area contributed by atoms with E-state index in [0.29, 0.717) is 11.1 Å². The second-order valence-electron chi connectivity index (χ2n) is 2.92. The van der Waals surface area contributed by atoms with Gasteiger partial charge in [0.2, 0.25) is 0 Å². The second kappa shape index (κ2) is 4.93. The third-order valence-electron chi connectivity index (χ3n) is 2.03. The molecular formula is C10H6BrFIOP. The highest BCUT2D eigenvalue weighted by Crippen LogP contribution is 2.33. The summed E-state index contributed by atoms with van der Waals surface area (Å²) in [5, 5.41) is 1.45. The summed E-state index contributed by atoms with van der Waals surface area (Å²) in [6.45, 7) is 0.221. The molecule has 0 aromatic heterocycles. The number of hydrogen-bond acceptors (Lipinski definition) is 1. The van der Waals surface area contributed by atoms with Crippen molar-refractivity contribution >= 4 is 55.2 Å². The van der Waals surface area contributed by atoms with Crippen LogP contribution >= 0.6 is 44.4 Å². The Kier molecular flexibility index (Phi) is 3.80. The molecule has 1 atom stereocenters. The first-order valence-corrected chi connectivity index (χ1v) is 8.94. The van der Waals surface area contributed by atoms with E-state index in [1.165, 1.54) is 0 Å². The van der Waals surface area contributed by atoms with Gasteiger partial charge in [-0.05, 0) is 45.6 Å². The molecule has 0 amide bonds. The van der Waals surface area contributed by atoms with Gasteiger partial charge in [0.15, 0.2) is 11.6 Å². The Bertz CT molecular complexity index is 506. The Hall–Kier alpha value is 0.0700. The molecule has 0 aliphatic heterocycles. The summed E-state index contributed by atoms with van der Waals surface area (Å²) in [6, 6.07) is 8.97. The molecule has 0 radical (unpaired) electrons. The minimum absolute atomic E-state index is 0.221. The van der Waals surface area contributed by atoms with Gasteiger partial charge in [-0.2, -0.15) is 0 Å². The molecular weight excluding hydrogens is 393 g/mol. The molecule has 0 aliphatic rings. The minimum atomic E-state index is -0.288. The van der Waals surface area contributed by atoms with Gasteiger partial charge in [0.05, 0.1) is 0 Å². The van der Waals surface area contributed by atoms with Crippen LogP contribution in [0.1, 0.15) is 0 Å². The van der Waals surface area contributed by atoms with Gasteiger partial charge in [-0.1, -0.05) is 28.1 Å². The van der Waals surface area contributed by atoms with Crippen LogP contribution in [0.4, 0.5) is 4.39 Å². The summed E-state index contributed by atoms with van der Waals surface area (Å²) >= 11 is 5.42. The zero-order valence-corrected chi connectivity index (χ0v) is 12.2. The minimum Gasteiger partial charge on any atom is -0.464 e. The predicted molar refractivity (Wildman–Crippen MR) is 74.6 cm³/mol. The lowest BCUT2D eigenvalue weighted by molar-refractivity contribution is 0.549. The molecule has 1 unspecified atom stereocenters. The van der Waals surface area contributed by atoms with E-state index in [4.69, 9.17) is 4.52 Å². The number of rotatable bonds is 2. The standard InChI is InChI=1S/C10H6BrFIOP/c11-7-2-3-8-6(5-7)1-4-9(10(8)12)14-15-13/h1-5,15H. The number of benzene rings is 2. The van der Waals surface area contributed by atoms with Gasteiger partial charge in [-0.3, -0.25) is 0 Å². The van der Waals surface area contributed by atoms with Crippen molar-refractivity contribution in [3.05, 3.63) is 40.6 Å². The molecule has 5 heteroatoms. The van der Waals surface area contributed by atoms with Crippen LogP contribution in [0.15, 0.2) is 34.8 Å². The smallest absolute Gasteiger partial charge is 0.173 e. The molecule has 0 bridgehead atoms. The van der Waals surface area contributed by atoms with E-state index in [2.05, 4.69) is 38.0 Å². The molecule has 0 aliphatic carbocycles. The molecule has 0 spiro atoms. The summed E-state index contributed by atoms with van der Waals surface area (Å²) < 4.78 is 20.0. The van der Waals surface area contributed by atoms with Gasteiger partial charge in [-0.15, -0.1) is 0 Å². The molecule has 0 N–H and O–H groups in total. The van der Waals surface area contributed by atoms with Gasteiger partial charge in [0, 0.05) is 9.86 Å². The monoisotopic (exact) mass is 398 g/mol. The lowest BCUT2D eigenvalue weighted by Gasteiger charge is -2.06. The normalized spacial score (nSPS) is 11.4. The van der Waals surface area contributed by atoms with Crippen LogP contribution < -0.4 is 4.52 Å². The largest absolute Gasteiger partial charge is 0.464 e. The van der Waals surface area contributed by atoms with E-state index in [1.807, 2.05) is 18.2 Å². The quantitative estimate of drug-likeness (QED) is 0.507. The van der Waals surface area contributed by atoms with Gasteiger partial charge in [0.1, 0.15) is 6.45 Å². The average molecular weight is 399 g/mol. The average Bonchev–Trinajstić information content (AvgIpc) is 2.22. The van der Waals surface area contributed by atoms with E-state index >= 15 is 0 Å². The Labute approximate surface area is 110 Å². The summed E-state index contributed by atoms with van der Waals surface area (Å²) in [5.74, 6) is 0.0294. The summed E-state index contributed by atoms with van der Waals surface area (Å²) in [5.41, 5.74) is 0. The molecule has 1 nitrogen and oxygen atoms in total. The number of halogens is 3. The highest BCUT2D eigenvalue weighted by Gasteiger charge is 2.08. The first kappa shape index (κ1) is 11.6. The molecule has 0 saturated heterocycles. The molecule has 0 heterocycles. The Morgan fingerprint density at radius 2 is 2.07 bits per heavy atom. The fourth-order valence-corrected chi connectivity index (χ4v) is 2.69. The lowest BCUT2D eigenvalue weighted by atomic mass is 10.1. The van der Waals surface area contributed by atoms with Crippen molar-refractivity contribution in [1.82, 2.24) is 0 Å². The second-order valence-corrected chi connectivity index (χ2v) is 5.52. The van der Waals surface area contributed by atoms with E-state index in [-0.39, 0.29) is 12.3 Å². The molecule has 78 valence electrons. The van der Waals surface area contributed by atoms with Gasteiger partial charge in [-0.25, -0.2) is 4.39 Å². The van der Waals surface area contributed by atoms with Gasteiger partial charge in [0.25, 0.3) is 0 Å². The SMILES string of the molecule is Fc1c(OPI)ccc2cc(Br)ccc12. The van der Waals surface area contributed by atoms with Gasteiger partial charge >= 0.3 is 0 Å². The maximum absolute atomic E-state index is 13.8. The van der Waals surface area contributed by atoms with E-state index in [9.17, 15) is 4.39 Å². The highest BCUT2D eigenvalue weighted by atomic mass is 127. The van der Waals surface area contributed by atoms with Crippen molar-refractivity contribution < 1.29 is 8.91 Å². The fraction of sp³-hybridized carbons (Fsp3) is 0. The first-order valence-electron chi connectivity index (χ1n) is 4.12. The first-order chi connectivity index (χ1) is 7.22. The van der Waals surface area contributed by atoms with Crippen molar-refractivity contribution in [2.24, 2.45) is 0 Å². The maximum atomic E-state index is 13.8. The molecule has 2 aromatic rings. The Morgan fingerprint density at radius 1 is 1.27 bits per heavy atom. The predicted octanol–water partition coefficient (Wildman–Crippen LogP) is 5.06. The summed E-state index contributed by atoms with van der Waals surface area (Å²) in [6.07, 6.45) is 0. The number of fused-ring (bicyclic) bond motifs is 1. The lowest BCUT2D eigenvalue weighted by Crippen LogP contribution is -1.85. The van der Waals surface area contributed by atoms with E-state index in [1.54, 1.807) is 12.1 Å². The van der Waals surface area contributed by atoms with Crippen LogP contribution in [0.2, 0.25) is 0 Å². The Morgan fingerprint density at radius 3 is 2.80 bits per heavy atom. The van der Waals surface area contributed by atoms with Crippen molar-refractivity contribution in [2.45, 2.75) is 0 Å². The topological polar surface area (TPSA) is 9.23 Å². The van der Waals surface area contributed by atoms with Crippen LogP contribution in [-0.2, 0) is 0 Å². The van der Waals surface area contributed by atoms with Gasteiger partial charge < -0.3 is 4.52 Å². The Balaban J connectivity index is 2.63. The van der Waals surface area contributed by atoms with Crippen LogP contribution in [0.3, 0.4) is 0 Å². The number of hydrogen-bond donors (Lipinski definition) is 0. The molecule has 2 aromatic carbocycles. The van der Waals surface area contributed by atoms with Crippen LogP contribution in [0.25, 0.3) is 10.8 Å². The maximum Gasteiger partial charge on any atom is 0.173 e. The zero-order chi connectivity index (χ0) is 10.8. The van der Waals surface area contributed by atoms with E-state index < -0.39 is 0 Å². The van der Waals surface area contributed by atoms with Crippen LogP contribution in [0, 0.1) is 5.82 Å². The highest BCUT2D eigenvalue weighted by molar-refractivity contribution is 14.2. The molecule has 0 fully saturated rings. The van der Waals surface area contributed by atoms with Crippen molar-refractivity contribution in [3.8, 4) is 5.75 Å². The summed E-state index contributed by atoms with van der Waals surface area (Å²) in [7, 11) is 0. The van der Waals surface area contributed by atoms with Crippen molar-refractivity contribution in [2.75, 3.05) is 0 Å². The zero-order valence-electron chi connectivity index (χ0n) is 7.43. The third-order valence-corrected chi connectivity index (χ3v) is 3.48.